The fourth-order valence-corrected chi connectivity index (χ4v) is 3.92. The van der Waals surface area contributed by atoms with Gasteiger partial charge in [-0.15, -0.1) is 0 Å². The molecule has 6 heteroatoms. The Kier molecular flexibility index (Phi) is 7.37. The number of primary amides is 1. The van der Waals surface area contributed by atoms with Gasteiger partial charge in [0.05, 0.1) is 0 Å². The van der Waals surface area contributed by atoms with Gasteiger partial charge in [-0.1, -0.05) is 30.7 Å². The number of rotatable bonds is 8. The van der Waals surface area contributed by atoms with Crippen LogP contribution in [-0.2, 0) is 13.1 Å². The quantitative estimate of drug-likeness (QED) is 0.537. The minimum absolute atomic E-state index is 0.134. The van der Waals surface area contributed by atoms with Crippen LogP contribution in [0.1, 0.15) is 51.1 Å². The number of amides is 2. The van der Waals surface area contributed by atoms with Crippen molar-refractivity contribution in [3.8, 4) is 11.5 Å². The van der Waals surface area contributed by atoms with Crippen LogP contribution in [0.5, 0.6) is 11.5 Å². The van der Waals surface area contributed by atoms with Crippen LogP contribution in [0.3, 0.4) is 0 Å². The predicted molar refractivity (Wildman–Crippen MR) is 128 cm³/mol. The Morgan fingerprint density at radius 3 is 1.88 bits per heavy atom. The van der Waals surface area contributed by atoms with E-state index in [1.807, 2.05) is 0 Å². The molecule has 3 aromatic carbocycles. The number of benzene rings is 3. The molecular formula is C27H29N3O3. The van der Waals surface area contributed by atoms with Crippen molar-refractivity contribution < 1.29 is 14.3 Å². The first kappa shape index (κ1) is 22.6. The number of hydrogen-bond donors (Lipinski definition) is 2. The van der Waals surface area contributed by atoms with Crippen LogP contribution >= 0.6 is 0 Å². The van der Waals surface area contributed by atoms with E-state index < -0.39 is 5.91 Å². The van der Waals surface area contributed by atoms with Gasteiger partial charge in [-0.3, -0.25) is 14.5 Å². The molecule has 2 amide bonds. The molecule has 1 heterocycles. The van der Waals surface area contributed by atoms with Crippen LogP contribution in [0.2, 0.25) is 0 Å². The minimum Gasteiger partial charge on any atom is -0.457 e. The summed E-state index contributed by atoms with van der Waals surface area (Å²) in [6.07, 6.45) is 3.93. The number of nitrogens with one attached hydrogen (secondary N) is 1. The molecule has 0 aliphatic carbocycles. The number of carbonyl (C=O) groups is 2. The summed E-state index contributed by atoms with van der Waals surface area (Å²) >= 11 is 0. The summed E-state index contributed by atoms with van der Waals surface area (Å²) in [7, 11) is 0. The third-order valence-corrected chi connectivity index (χ3v) is 5.82. The van der Waals surface area contributed by atoms with Crippen LogP contribution in [0, 0.1) is 0 Å². The molecule has 0 atom stereocenters. The molecule has 3 N–H and O–H groups in total. The van der Waals surface area contributed by atoms with E-state index in [1.165, 1.54) is 37.9 Å². The van der Waals surface area contributed by atoms with E-state index in [1.54, 1.807) is 48.5 Å². The van der Waals surface area contributed by atoms with Gasteiger partial charge in [0, 0.05) is 24.2 Å². The topological polar surface area (TPSA) is 84.7 Å². The van der Waals surface area contributed by atoms with Crippen molar-refractivity contribution in [2.24, 2.45) is 5.73 Å². The zero-order valence-corrected chi connectivity index (χ0v) is 18.6. The number of hydrogen-bond acceptors (Lipinski definition) is 4. The molecule has 0 bridgehead atoms. The first-order valence-electron chi connectivity index (χ1n) is 11.3. The highest BCUT2D eigenvalue weighted by molar-refractivity contribution is 5.94. The van der Waals surface area contributed by atoms with E-state index in [0.29, 0.717) is 29.2 Å². The summed E-state index contributed by atoms with van der Waals surface area (Å²) in [6, 6.07) is 22.0. The maximum absolute atomic E-state index is 12.5. The van der Waals surface area contributed by atoms with Crippen LogP contribution in [0.25, 0.3) is 0 Å². The largest absolute Gasteiger partial charge is 0.457 e. The van der Waals surface area contributed by atoms with Crippen molar-refractivity contribution in [1.29, 1.82) is 0 Å². The minimum atomic E-state index is -0.481. The predicted octanol–water partition coefficient (Wildman–Crippen LogP) is 4.49. The van der Waals surface area contributed by atoms with Gasteiger partial charge in [0.2, 0.25) is 5.91 Å². The number of carbonyl (C=O) groups excluding carboxylic acids is 2. The van der Waals surface area contributed by atoms with Gasteiger partial charge in [0.15, 0.2) is 0 Å². The smallest absolute Gasteiger partial charge is 0.251 e. The van der Waals surface area contributed by atoms with E-state index in [9.17, 15) is 9.59 Å². The van der Waals surface area contributed by atoms with Crippen LogP contribution < -0.4 is 15.8 Å². The average Bonchev–Trinajstić information content (AvgIpc) is 2.85. The van der Waals surface area contributed by atoms with Gasteiger partial charge >= 0.3 is 0 Å². The molecule has 0 spiro atoms. The summed E-state index contributed by atoms with van der Waals surface area (Å²) in [4.78, 5) is 26.2. The van der Waals surface area contributed by atoms with Crippen molar-refractivity contribution >= 4 is 11.8 Å². The number of nitrogens with two attached hydrogens (primary N) is 1. The van der Waals surface area contributed by atoms with Crippen molar-refractivity contribution in [3.05, 3.63) is 95.1 Å². The third kappa shape index (κ3) is 6.43. The average molecular weight is 444 g/mol. The molecule has 4 rings (SSSR count). The highest BCUT2D eigenvalue weighted by Crippen LogP contribution is 2.22. The Balaban J connectivity index is 1.26. The van der Waals surface area contributed by atoms with Gasteiger partial charge in [-0.25, -0.2) is 0 Å². The lowest BCUT2D eigenvalue weighted by Crippen LogP contribution is -2.29. The lowest BCUT2D eigenvalue weighted by molar-refractivity contribution is 0.0949. The van der Waals surface area contributed by atoms with Gasteiger partial charge in [0.1, 0.15) is 11.5 Å². The first-order chi connectivity index (χ1) is 16.1. The number of nitrogens with zero attached hydrogens (tertiary/aromatic N) is 1. The van der Waals surface area contributed by atoms with E-state index >= 15 is 0 Å². The molecule has 170 valence electrons. The Hall–Kier alpha value is -3.64. The lowest BCUT2D eigenvalue weighted by atomic mass is 10.1. The van der Waals surface area contributed by atoms with E-state index in [0.717, 1.165) is 12.1 Å². The Bertz CT molecular complexity index is 1070. The molecule has 0 unspecified atom stereocenters. The van der Waals surface area contributed by atoms with Crippen LogP contribution in [0.15, 0.2) is 72.8 Å². The number of likely N-dealkylation sites (tertiary alicyclic amines) is 1. The second-order valence-corrected chi connectivity index (χ2v) is 8.35. The van der Waals surface area contributed by atoms with Crippen molar-refractivity contribution in [3.63, 3.8) is 0 Å². The standard InChI is InChI=1S/C27H29N3O3/c28-26(31)22-8-12-24(13-9-22)33-25-14-10-23(11-15-25)27(32)29-18-20-4-6-21(7-5-20)19-30-16-2-1-3-17-30/h4-15H,1-3,16-19H2,(H2,28,31)(H,29,32). The second kappa shape index (κ2) is 10.8. The molecule has 1 aliphatic heterocycles. The Morgan fingerprint density at radius 1 is 0.758 bits per heavy atom. The van der Waals surface area contributed by atoms with Gasteiger partial charge in [0.25, 0.3) is 5.91 Å². The molecule has 33 heavy (non-hydrogen) atoms. The highest BCUT2D eigenvalue weighted by atomic mass is 16.5. The maximum atomic E-state index is 12.5. The zero-order chi connectivity index (χ0) is 23.0. The molecule has 1 aliphatic rings. The molecule has 0 aromatic heterocycles. The molecule has 1 saturated heterocycles. The summed E-state index contributed by atoms with van der Waals surface area (Å²) in [5, 5.41) is 2.97. The molecule has 0 radical (unpaired) electrons. The fourth-order valence-electron chi connectivity index (χ4n) is 3.92. The SMILES string of the molecule is NC(=O)c1ccc(Oc2ccc(C(=O)NCc3ccc(CN4CCCCC4)cc3)cc2)cc1. The van der Waals surface area contributed by atoms with Crippen LogP contribution in [0.4, 0.5) is 0 Å². The maximum Gasteiger partial charge on any atom is 0.251 e. The summed E-state index contributed by atoms with van der Waals surface area (Å²) < 4.78 is 5.76. The van der Waals surface area contributed by atoms with Gasteiger partial charge in [-0.05, 0) is 85.6 Å². The lowest BCUT2D eigenvalue weighted by Gasteiger charge is -2.26. The van der Waals surface area contributed by atoms with Crippen molar-refractivity contribution in [2.75, 3.05) is 13.1 Å². The Morgan fingerprint density at radius 2 is 1.30 bits per heavy atom. The van der Waals surface area contributed by atoms with Gasteiger partial charge < -0.3 is 15.8 Å². The normalized spacial score (nSPS) is 13.9. The molecule has 1 fully saturated rings. The summed E-state index contributed by atoms with van der Waals surface area (Å²) in [5.41, 5.74) is 8.62. The number of ether oxygens (including phenoxy) is 1. The van der Waals surface area contributed by atoms with Crippen molar-refractivity contribution in [1.82, 2.24) is 10.2 Å². The Labute approximate surface area is 194 Å². The van der Waals surface area contributed by atoms with E-state index in [2.05, 4.69) is 34.5 Å². The monoisotopic (exact) mass is 443 g/mol. The van der Waals surface area contributed by atoms with Crippen LogP contribution in [-0.4, -0.2) is 29.8 Å². The highest BCUT2D eigenvalue weighted by Gasteiger charge is 2.11. The van der Waals surface area contributed by atoms with E-state index in [4.69, 9.17) is 10.5 Å². The number of piperidine rings is 1. The summed E-state index contributed by atoms with van der Waals surface area (Å²) in [5.74, 6) is 0.568. The molecular weight excluding hydrogens is 414 g/mol. The summed E-state index contributed by atoms with van der Waals surface area (Å²) in [6.45, 7) is 3.84. The zero-order valence-electron chi connectivity index (χ0n) is 18.6. The molecule has 3 aromatic rings. The first-order valence-corrected chi connectivity index (χ1v) is 11.3. The second-order valence-electron chi connectivity index (χ2n) is 8.35. The van der Waals surface area contributed by atoms with Crippen molar-refractivity contribution in [2.45, 2.75) is 32.4 Å². The van der Waals surface area contributed by atoms with E-state index in [-0.39, 0.29) is 5.91 Å². The van der Waals surface area contributed by atoms with Gasteiger partial charge in [-0.2, -0.15) is 0 Å². The molecule has 6 nitrogen and oxygen atoms in total. The third-order valence-electron chi connectivity index (χ3n) is 5.82. The molecule has 0 saturated carbocycles. The fraction of sp³-hybridized carbons (Fsp3) is 0.259.